The van der Waals surface area contributed by atoms with E-state index in [4.69, 9.17) is 10.3 Å². The van der Waals surface area contributed by atoms with E-state index in [-0.39, 0.29) is 11.0 Å². The summed E-state index contributed by atoms with van der Waals surface area (Å²) in [4.78, 5) is 12.1. The second-order valence-electron chi connectivity index (χ2n) is 6.14. The second kappa shape index (κ2) is 3.45. The van der Waals surface area contributed by atoms with Gasteiger partial charge in [0.2, 0.25) is 0 Å². The van der Waals surface area contributed by atoms with Crippen LogP contribution in [-0.4, -0.2) is 20.1 Å². The maximum absolute atomic E-state index is 6.24. The first-order valence-electron chi connectivity index (χ1n) is 6.78. The highest BCUT2D eigenvalue weighted by Gasteiger charge is 2.44. The van der Waals surface area contributed by atoms with E-state index in [1.807, 2.05) is 0 Å². The Labute approximate surface area is 110 Å². The highest BCUT2D eigenvalue weighted by atomic mass is 16.5. The van der Waals surface area contributed by atoms with Crippen molar-refractivity contribution in [2.24, 2.45) is 5.73 Å². The molecular formula is C13H17N5O. The Morgan fingerprint density at radius 2 is 2.11 bits per heavy atom. The summed E-state index contributed by atoms with van der Waals surface area (Å²) in [5, 5.41) is 4.07. The van der Waals surface area contributed by atoms with E-state index in [0.717, 1.165) is 49.4 Å². The van der Waals surface area contributed by atoms with Gasteiger partial charge < -0.3 is 15.2 Å². The third-order valence-corrected chi connectivity index (χ3v) is 4.49. The molecule has 0 saturated heterocycles. The van der Waals surface area contributed by atoms with Crippen molar-refractivity contribution in [1.29, 1.82) is 0 Å². The maximum atomic E-state index is 6.24. The number of aromatic amines is 1. The average molecular weight is 259 g/mol. The molecule has 0 unspecified atom stereocenters. The molecule has 2 aliphatic rings. The van der Waals surface area contributed by atoms with Crippen molar-refractivity contribution >= 4 is 0 Å². The zero-order valence-electron chi connectivity index (χ0n) is 10.9. The second-order valence-corrected chi connectivity index (χ2v) is 6.14. The smallest absolute Gasteiger partial charge is 0.276 e. The molecule has 0 bridgehead atoms. The molecule has 0 aliphatic heterocycles. The fourth-order valence-electron chi connectivity index (χ4n) is 2.47. The van der Waals surface area contributed by atoms with Gasteiger partial charge in [0, 0.05) is 5.41 Å². The fourth-order valence-corrected chi connectivity index (χ4v) is 2.47. The van der Waals surface area contributed by atoms with Gasteiger partial charge in [0.15, 0.2) is 5.82 Å². The number of hydrogen-bond acceptors (Lipinski definition) is 5. The lowest BCUT2D eigenvalue weighted by atomic mass is 9.77. The minimum absolute atomic E-state index is 0.119. The number of rotatable bonds is 3. The molecule has 100 valence electrons. The number of imidazole rings is 1. The van der Waals surface area contributed by atoms with Crippen LogP contribution in [0.3, 0.4) is 0 Å². The molecule has 6 nitrogen and oxygen atoms in total. The van der Waals surface area contributed by atoms with Gasteiger partial charge in [-0.05, 0) is 32.1 Å². The van der Waals surface area contributed by atoms with E-state index in [1.165, 1.54) is 0 Å². The Balaban J connectivity index is 1.64. The summed E-state index contributed by atoms with van der Waals surface area (Å²) in [6, 6.07) is 0. The molecule has 0 amide bonds. The molecule has 2 saturated carbocycles. The minimum Gasteiger partial charge on any atom is -0.336 e. The summed E-state index contributed by atoms with van der Waals surface area (Å²) in [6.07, 6.45) is 7.11. The van der Waals surface area contributed by atoms with Crippen molar-refractivity contribution < 1.29 is 4.52 Å². The van der Waals surface area contributed by atoms with Gasteiger partial charge in [0.05, 0.1) is 11.7 Å². The summed E-state index contributed by atoms with van der Waals surface area (Å²) < 4.78 is 5.32. The molecule has 0 atom stereocenters. The van der Waals surface area contributed by atoms with E-state index in [2.05, 4.69) is 27.0 Å². The van der Waals surface area contributed by atoms with Crippen LogP contribution < -0.4 is 5.73 Å². The maximum Gasteiger partial charge on any atom is 0.276 e. The van der Waals surface area contributed by atoms with Crippen molar-refractivity contribution in [3.8, 4) is 11.6 Å². The van der Waals surface area contributed by atoms with Gasteiger partial charge in [0.1, 0.15) is 11.5 Å². The van der Waals surface area contributed by atoms with Gasteiger partial charge in [-0.2, -0.15) is 4.98 Å². The molecule has 19 heavy (non-hydrogen) atoms. The molecule has 0 spiro atoms. The van der Waals surface area contributed by atoms with Crippen molar-refractivity contribution in [2.75, 3.05) is 0 Å². The Bertz CT molecular complexity index is 621. The normalized spacial score (nSPS) is 23.1. The van der Waals surface area contributed by atoms with Gasteiger partial charge in [-0.1, -0.05) is 12.1 Å². The molecular weight excluding hydrogens is 242 g/mol. The zero-order chi connectivity index (χ0) is 13.1. The van der Waals surface area contributed by atoms with Gasteiger partial charge in [-0.3, -0.25) is 0 Å². The van der Waals surface area contributed by atoms with Crippen LogP contribution in [0.25, 0.3) is 11.6 Å². The molecule has 2 heterocycles. The van der Waals surface area contributed by atoms with E-state index in [9.17, 15) is 0 Å². The van der Waals surface area contributed by atoms with Gasteiger partial charge in [-0.25, -0.2) is 4.98 Å². The summed E-state index contributed by atoms with van der Waals surface area (Å²) in [7, 11) is 0. The third-order valence-electron chi connectivity index (χ3n) is 4.49. The lowest BCUT2D eigenvalue weighted by Crippen LogP contribution is -2.44. The van der Waals surface area contributed by atoms with Crippen LogP contribution in [0.15, 0.2) is 10.7 Å². The SMILES string of the molecule is CC1(c2noc(-c3cnc(C4(N)CCC4)[nH]3)n2)CC1. The summed E-state index contributed by atoms with van der Waals surface area (Å²) in [5.41, 5.74) is 6.83. The lowest BCUT2D eigenvalue weighted by Gasteiger charge is -2.35. The minimum atomic E-state index is -0.288. The number of hydrogen-bond donors (Lipinski definition) is 2. The topological polar surface area (TPSA) is 93.6 Å². The van der Waals surface area contributed by atoms with Crippen LogP contribution in [0.1, 0.15) is 50.7 Å². The monoisotopic (exact) mass is 259 g/mol. The quantitative estimate of drug-likeness (QED) is 0.877. The van der Waals surface area contributed by atoms with Gasteiger partial charge in [0.25, 0.3) is 5.89 Å². The molecule has 2 fully saturated rings. The van der Waals surface area contributed by atoms with Crippen molar-refractivity contribution in [3.63, 3.8) is 0 Å². The summed E-state index contributed by atoms with van der Waals surface area (Å²) >= 11 is 0. The summed E-state index contributed by atoms with van der Waals surface area (Å²) in [6.45, 7) is 2.16. The Hall–Kier alpha value is -1.69. The van der Waals surface area contributed by atoms with E-state index in [1.54, 1.807) is 6.20 Å². The molecule has 6 heteroatoms. The number of nitrogens with two attached hydrogens (primary N) is 1. The summed E-state index contributed by atoms with van der Waals surface area (Å²) in [5.74, 6) is 2.13. The standard InChI is InChI=1S/C13H17N5O/c1-12(5-6-12)10-17-9(19-18-10)8-7-15-11(16-8)13(14)3-2-4-13/h7H,2-6,14H2,1H3,(H,15,16). The van der Waals surface area contributed by atoms with Crippen molar-refractivity contribution in [1.82, 2.24) is 20.1 Å². The van der Waals surface area contributed by atoms with Crippen LogP contribution >= 0.6 is 0 Å². The average Bonchev–Trinajstić information content (AvgIpc) is 2.88. The number of nitrogens with one attached hydrogen (secondary N) is 1. The first-order valence-corrected chi connectivity index (χ1v) is 6.78. The molecule has 2 aliphatic carbocycles. The number of H-pyrrole nitrogens is 1. The Morgan fingerprint density at radius 3 is 2.74 bits per heavy atom. The van der Waals surface area contributed by atoms with Crippen LogP contribution in [0.5, 0.6) is 0 Å². The fraction of sp³-hybridized carbons (Fsp3) is 0.615. The molecule has 0 radical (unpaired) electrons. The van der Waals surface area contributed by atoms with Gasteiger partial charge >= 0.3 is 0 Å². The lowest BCUT2D eigenvalue weighted by molar-refractivity contribution is 0.240. The highest BCUT2D eigenvalue weighted by Crippen LogP contribution is 2.46. The van der Waals surface area contributed by atoms with Crippen LogP contribution in [0.4, 0.5) is 0 Å². The number of aromatic nitrogens is 4. The van der Waals surface area contributed by atoms with Crippen molar-refractivity contribution in [2.45, 2.75) is 50.0 Å². The number of nitrogens with zero attached hydrogens (tertiary/aromatic N) is 3. The van der Waals surface area contributed by atoms with Crippen LogP contribution in [0, 0.1) is 0 Å². The third kappa shape index (κ3) is 1.63. The van der Waals surface area contributed by atoms with Crippen molar-refractivity contribution in [3.05, 3.63) is 17.8 Å². The first-order chi connectivity index (χ1) is 9.09. The predicted octanol–water partition coefficient (Wildman–Crippen LogP) is 1.85. The molecule has 0 aromatic carbocycles. The van der Waals surface area contributed by atoms with E-state index >= 15 is 0 Å². The largest absolute Gasteiger partial charge is 0.336 e. The van der Waals surface area contributed by atoms with Gasteiger partial charge in [-0.15, -0.1) is 0 Å². The van der Waals surface area contributed by atoms with Crippen LogP contribution in [0.2, 0.25) is 0 Å². The predicted molar refractivity (Wildman–Crippen MR) is 68.2 cm³/mol. The van der Waals surface area contributed by atoms with E-state index < -0.39 is 0 Å². The molecule has 4 rings (SSSR count). The molecule has 3 N–H and O–H groups in total. The first kappa shape index (κ1) is 11.2. The Morgan fingerprint density at radius 1 is 1.32 bits per heavy atom. The molecule has 2 aromatic rings. The zero-order valence-corrected chi connectivity index (χ0v) is 10.9. The van der Waals surface area contributed by atoms with Crippen LogP contribution in [-0.2, 0) is 11.0 Å². The van der Waals surface area contributed by atoms with E-state index in [0.29, 0.717) is 5.89 Å². The molecule has 2 aromatic heterocycles. The highest BCUT2D eigenvalue weighted by molar-refractivity contribution is 5.46. The Kier molecular flexibility index (Phi) is 2.02.